The first-order chi connectivity index (χ1) is 9.51. The zero-order valence-electron chi connectivity index (χ0n) is 11.9. The molecule has 0 N–H and O–H groups in total. The van der Waals surface area contributed by atoms with Crippen molar-refractivity contribution in [3.63, 3.8) is 0 Å². The van der Waals surface area contributed by atoms with Crippen molar-refractivity contribution in [2.75, 3.05) is 11.4 Å². The highest BCUT2D eigenvalue weighted by Crippen LogP contribution is 2.33. The van der Waals surface area contributed by atoms with E-state index < -0.39 is 29.2 Å². The highest BCUT2D eigenvalue weighted by Gasteiger charge is 2.42. The molecule has 1 aromatic carbocycles. The Kier molecular flexibility index (Phi) is 3.47. The Balaban J connectivity index is 2.39. The summed E-state index contributed by atoms with van der Waals surface area (Å²) in [5.41, 5.74) is -1.54. The minimum Gasteiger partial charge on any atom is -0.310 e. The molecular formula is C14H15F3N2O2. The molecule has 0 radical (unpaired) electrons. The molecule has 2 rings (SSSR count). The number of rotatable bonds is 1. The largest absolute Gasteiger partial charge is 0.416 e. The third-order valence-corrected chi connectivity index (χ3v) is 3.21. The van der Waals surface area contributed by atoms with Gasteiger partial charge < -0.3 is 4.90 Å². The third-order valence-electron chi connectivity index (χ3n) is 3.21. The Labute approximate surface area is 120 Å². The molecule has 0 spiro atoms. The molecule has 1 aliphatic rings. The van der Waals surface area contributed by atoms with Crippen LogP contribution in [-0.4, -0.2) is 28.9 Å². The van der Waals surface area contributed by atoms with Gasteiger partial charge in [-0.05, 0) is 39.0 Å². The van der Waals surface area contributed by atoms with Crippen molar-refractivity contribution in [3.05, 3.63) is 29.8 Å². The fraction of sp³-hybridized carbons (Fsp3) is 0.429. The lowest BCUT2D eigenvalue weighted by atomic mass is 10.1. The number of imide groups is 1. The van der Waals surface area contributed by atoms with E-state index in [1.54, 1.807) is 20.8 Å². The number of carbonyl (C=O) groups excluding carboxylic acids is 2. The average Bonchev–Trinajstić information content (AvgIpc) is 2.64. The topological polar surface area (TPSA) is 40.6 Å². The van der Waals surface area contributed by atoms with E-state index in [0.717, 1.165) is 17.0 Å². The first kappa shape index (κ1) is 15.3. The van der Waals surface area contributed by atoms with Gasteiger partial charge in [-0.2, -0.15) is 13.2 Å². The highest BCUT2D eigenvalue weighted by atomic mass is 19.4. The molecule has 4 nitrogen and oxygen atoms in total. The quantitative estimate of drug-likeness (QED) is 0.747. The fourth-order valence-corrected chi connectivity index (χ4v) is 2.10. The van der Waals surface area contributed by atoms with E-state index in [-0.39, 0.29) is 12.2 Å². The second-order valence-corrected chi connectivity index (χ2v) is 5.82. The number of halogens is 3. The lowest BCUT2D eigenvalue weighted by molar-refractivity contribution is -0.137. The molecule has 114 valence electrons. The predicted molar refractivity (Wildman–Crippen MR) is 70.8 cm³/mol. The summed E-state index contributed by atoms with van der Waals surface area (Å²) in [4.78, 5) is 26.4. The van der Waals surface area contributed by atoms with Crippen LogP contribution in [0, 0.1) is 0 Å². The summed E-state index contributed by atoms with van der Waals surface area (Å²) in [6, 6.07) is 3.60. The van der Waals surface area contributed by atoms with Crippen molar-refractivity contribution in [1.82, 2.24) is 4.90 Å². The predicted octanol–water partition coefficient (Wildman–Crippen LogP) is 3.27. The average molecular weight is 300 g/mol. The summed E-state index contributed by atoms with van der Waals surface area (Å²) in [7, 11) is 0. The number of hydrogen-bond acceptors (Lipinski definition) is 2. The summed E-state index contributed by atoms with van der Waals surface area (Å²) >= 11 is 0. The van der Waals surface area contributed by atoms with Crippen LogP contribution in [0.4, 0.5) is 23.7 Å². The van der Waals surface area contributed by atoms with Crippen molar-refractivity contribution >= 4 is 17.6 Å². The van der Waals surface area contributed by atoms with Crippen LogP contribution in [0.2, 0.25) is 0 Å². The van der Waals surface area contributed by atoms with Crippen LogP contribution in [0.25, 0.3) is 0 Å². The van der Waals surface area contributed by atoms with Crippen LogP contribution in [0.15, 0.2) is 24.3 Å². The number of urea groups is 1. The maximum atomic E-state index is 12.7. The molecule has 0 aromatic heterocycles. The molecule has 0 unspecified atom stereocenters. The second kappa shape index (κ2) is 4.75. The van der Waals surface area contributed by atoms with Crippen molar-refractivity contribution in [3.8, 4) is 0 Å². The van der Waals surface area contributed by atoms with E-state index >= 15 is 0 Å². The summed E-state index contributed by atoms with van der Waals surface area (Å²) < 4.78 is 38.1. The maximum absolute atomic E-state index is 12.7. The van der Waals surface area contributed by atoms with Crippen LogP contribution in [0.1, 0.15) is 26.3 Å². The van der Waals surface area contributed by atoms with Crippen molar-refractivity contribution in [2.24, 2.45) is 0 Å². The Morgan fingerprint density at radius 2 is 1.71 bits per heavy atom. The molecule has 0 saturated carbocycles. The summed E-state index contributed by atoms with van der Waals surface area (Å²) in [5, 5.41) is 0. The zero-order chi connectivity index (χ0) is 16.0. The van der Waals surface area contributed by atoms with Crippen molar-refractivity contribution in [1.29, 1.82) is 0 Å². The Morgan fingerprint density at radius 3 is 2.19 bits per heavy atom. The molecule has 21 heavy (non-hydrogen) atoms. The van der Waals surface area contributed by atoms with E-state index in [2.05, 4.69) is 0 Å². The molecule has 1 aliphatic heterocycles. The molecule has 3 amide bonds. The highest BCUT2D eigenvalue weighted by molar-refractivity contribution is 6.20. The van der Waals surface area contributed by atoms with Crippen LogP contribution in [0.5, 0.6) is 0 Å². The zero-order valence-corrected chi connectivity index (χ0v) is 11.9. The number of nitrogens with zero attached hydrogens (tertiary/aromatic N) is 2. The SMILES string of the molecule is CC(C)(C)N1CC(=O)N(c2cccc(C(F)(F)F)c2)C1=O. The molecule has 1 heterocycles. The third kappa shape index (κ3) is 2.86. The molecule has 1 fully saturated rings. The molecule has 0 bridgehead atoms. The first-order valence-electron chi connectivity index (χ1n) is 6.33. The molecule has 7 heteroatoms. The Hall–Kier alpha value is -2.05. The van der Waals surface area contributed by atoms with E-state index in [9.17, 15) is 22.8 Å². The number of carbonyl (C=O) groups is 2. The van der Waals surface area contributed by atoms with Gasteiger partial charge in [-0.1, -0.05) is 6.07 Å². The van der Waals surface area contributed by atoms with Gasteiger partial charge >= 0.3 is 12.2 Å². The van der Waals surface area contributed by atoms with Gasteiger partial charge in [-0.3, -0.25) is 4.79 Å². The van der Waals surface area contributed by atoms with Crippen LogP contribution < -0.4 is 4.90 Å². The van der Waals surface area contributed by atoms with E-state index in [0.29, 0.717) is 0 Å². The lowest BCUT2D eigenvalue weighted by Gasteiger charge is -2.30. The number of alkyl halides is 3. The number of benzene rings is 1. The summed E-state index contributed by atoms with van der Waals surface area (Å²) in [6.07, 6.45) is -4.52. The van der Waals surface area contributed by atoms with Crippen molar-refractivity contribution < 1.29 is 22.8 Å². The van der Waals surface area contributed by atoms with E-state index in [1.165, 1.54) is 17.0 Å². The van der Waals surface area contributed by atoms with Gasteiger partial charge in [-0.25, -0.2) is 9.69 Å². The van der Waals surface area contributed by atoms with Gasteiger partial charge in [-0.15, -0.1) is 0 Å². The van der Waals surface area contributed by atoms with E-state index in [4.69, 9.17) is 0 Å². The van der Waals surface area contributed by atoms with Crippen molar-refractivity contribution in [2.45, 2.75) is 32.5 Å². The minimum absolute atomic E-state index is 0.0634. The smallest absolute Gasteiger partial charge is 0.310 e. The summed E-state index contributed by atoms with van der Waals surface area (Å²) in [5.74, 6) is -0.533. The van der Waals surface area contributed by atoms with Gasteiger partial charge in [0.15, 0.2) is 0 Å². The van der Waals surface area contributed by atoms with Gasteiger partial charge in [0.25, 0.3) is 5.91 Å². The number of amides is 3. The fourth-order valence-electron chi connectivity index (χ4n) is 2.10. The molecule has 1 aromatic rings. The summed E-state index contributed by atoms with van der Waals surface area (Å²) in [6.45, 7) is 5.13. The Morgan fingerprint density at radius 1 is 1.10 bits per heavy atom. The minimum atomic E-state index is -4.52. The van der Waals surface area contributed by atoms with Gasteiger partial charge in [0.05, 0.1) is 11.3 Å². The Bertz CT molecular complexity index is 591. The standard InChI is InChI=1S/C14H15F3N2O2/c1-13(2,3)18-8-11(20)19(12(18)21)10-6-4-5-9(7-10)14(15,16)17/h4-7H,8H2,1-3H3. The maximum Gasteiger partial charge on any atom is 0.416 e. The second-order valence-electron chi connectivity index (χ2n) is 5.82. The van der Waals surface area contributed by atoms with Crippen LogP contribution in [-0.2, 0) is 11.0 Å². The van der Waals surface area contributed by atoms with E-state index in [1.807, 2.05) is 0 Å². The van der Waals surface area contributed by atoms with Gasteiger partial charge in [0.1, 0.15) is 6.54 Å². The van der Waals surface area contributed by atoms with Gasteiger partial charge in [0, 0.05) is 5.54 Å². The molecule has 1 saturated heterocycles. The molecule has 0 atom stereocenters. The number of anilines is 1. The number of hydrogen-bond donors (Lipinski definition) is 0. The molecular weight excluding hydrogens is 285 g/mol. The lowest BCUT2D eigenvalue weighted by Crippen LogP contribution is -2.44. The monoisotopic (exact) mass is 300 g/mol. The first-order valence-corrected chi connectivity index (χ1v) is 6.33. The molecule has 0 aliphatic carbocycles. The van der Waals surface area contributed by atoms with Gasteiger partial charge in [0.2, 0.25) is 0 Å². The normalized spacial score (nSPS) is 16.9. The van der Waals surface area contributed by atoms with Crippen LogP contribution >= 0.6 is 0 Å². The van der Waals surface area contributed by atoms with Crippen LogP contribution in [0.3, 0.4) is 0 Å².